The predicted molar refractivity (Wildman–Crippen MR) is 130 cm³/mol. The van der Waals surface area contributed by atoms with Gasteiger partial charge >= 0.3 is 6.09 Å². The van der Waals surface area contributed by atoms with Crippen molar-refractivity contribution in [3.8, 4) is 0 Å². The summed E-state index contributed by atoms with van der Waals surface area (Å²) < 4.78 is 6.82. The van der Waals surface area contributed by atoms with Crippen molar-refractivity contribution in [1.82, 2.24) is 10.2 Å². The quantitative estimate of drug-likeness (QED) is 0.663. The number of nitrogens with zero attached hydrogens (tertiary/aromatic N) is 2. The fourth-order valence-electron chi connectivity index (χ4n) is 4.87. The third-order valence-electron chi connectivity index (χ3n) is 6.59. The molecule has 1 aliphatic heterocycles. The molecule has 1 aromatic heterocycles. The summed E-state index contributed by atoms with van der Waals surface area (Å²) in [6, 6.07) is 9.17. The van der Waals surface area contributed by atoms with Gasteiger partial charge in [-0.25, -0.2) is 4.79 Å². The van der Waals surface area contributed by atoms with Crippen LogP contribution in [0.1, 0.15) is 52.9 Å². The van der Waals surface area contributed by atoms with Crippen LogP contribution >= 0.6 is 11.3 Å². The molecule has 2 heterocycles. The van der Waals surface area contributed by atoms with Gasteiger partial charge in [0.25, 0.3) is 0 Å². The van der Waals surface area contributed by atoms with Crippen molar-refractivity contribution in [2.24, 2.45) is 5.92 Å². The lowest BCUT2D eigenvalue weighted by molar-refractivity contribution is 0.0486. The molecule has 1 amide bonds. The molecule has 1 aromatic carbocycles. The SMILES string of the molecule is CC(C)(C)OC(=O)N[C@H]1CC[C@H](CCN2CCN(c3cccc4ccsc34)CC2)CC1. The smallest absolute Gasteiger partial charge is 0.407 e. The zero-order valence-electron chi connectivity index (χ0n) is 19.2. The summed E-state index contributed by atoms with van der Waals surface area (Å²) in [5.41, 5.74) is 0.977. The molecule has 1 aliphatic carbocycles. The highest BCUT2D eigenvalue weighted by molar-refractivity contribution is 7.17. The van der Waals surface area contributed by atoms with E-state index in [2.05, 4.69) is 44.8 Å². The van der Waals surface area contributed by atoms with E-state index in [1.807, 2.05) is 32.1 Å². The molecule has 0 bridgehead atoms. The molecular formula is C25H37N3O2S. The second-order valence-corrected chi connectivity index (χ2v) is 11.0. The van der Waals surface area contributed by atoms with Crippen LogP contribution in [0.15, 0.2) is 29.6 Å². The molecule has 5 nitrogen and oxygen atoms in total. The molecule has 2 aliphatic rings. The van der Waals surface area contributed by atoms with Crippen LogP contribution < -0.4 is 10.2 Å². The van der Waals surface area contributed by atoms with E-state index in [4.69, 9.17) is 4.74 Å². The highest BCUT2D eigenvalue weighted by Crippen LogP contribution is 2.32. The van der Waals surface area contributed by atoms with Crippen LogP contribution in [0.5, 0.6) is 0 Å². The Labute approximate surface area is 190 Å². The van der Waals surface area contributed by atoms with Gasteiger partial charge in [-0.05, 0) is 88.2 Å². The maximum atomic E-state index is 12.0. The minimum Gasteiger partial charge on any atom is -0.444 e. The topological polar surface area (TPSA) is 44.8 Å². The average Bonchev–Trinajstić information content (AvgIpc) is 3.21. The molecule has 2 fully saturated rings. The Kier molecular flexibility index (Phi) is 7.07. The van der Waals surface area contributed by atoms with E-state index in [0.717, 1.165) is 44.9 Å². The summed E-state index contributed by atoms with van der Waals surface area (Å²) in [6.45, 7) is 11.5. The fourth-order valence-corrected chi connectivity index (χ4v) is 5.81. The fraction of sp³-hybridized carbons (Fsp3) is 0.640. The first-order chi connectivity index (χ1) is 14.9. The largest absolute Gasteiger partial charge is 0.444 e. The molecule has 1 N–H and O–H groups in total. The van der Waals surface area contributed by atoms with E-state index in [1.165, 1.54) is 41.6 Å². The summed E-state index contributed by atoms with van der Waals surface area (Å²) in [5, 5.41) is 6.62. The number of ether oxygens (including phenoxy) is 1. The van der Waals surface area contributed by atoms with Crippen LogP contribution in [0.2, 0.25) is 0 Å². The van der Waals surface area contributed by atoms with E-state index in [1.54, 1.807) is 0 Å². The van der Waals surface area contributed by atoms with Crippen molar-refractivity contribution >= 4 is 33.2 Å². The van der Waals surface area contributed by atoms with Crippen molar-refractivity contribution in [3.63, 3.8) is 0 Å². The summed E-state index contributed by atoms with van der Waals surface area (Å²) >= 11 is 1.85. The monoisotopic (exact) mass is 443 g/mol. The van der Waals surface area contributed by atoms with Crippen LogP contribution in [0.25, 0.3) is 10.1 Å². The maximum absolute atomic E-state index is 12.0. The first-order valence-corrected chi connectivity index (χ1v) is 12.7. The number of thiophene rings is 1. The van der Waals surface area contributed by atoms with Gasteiger partial charge in [-0.1, -0.05) is 12.1 Å². The number of benzene rings is 1. The highest BCUT2D eigenvalue weighted by atomic mass is 32.1. The molecule has 0 atom stereocenters. The molecule has 2 aromatic rings. The number of piperazine rings is 1. The molecule has 170 valence electrons. The molecule has 0 spiro atoms. The molecule has 1 saturated carbocycles. The van der Waals surface area contributed by atoms with Crippen LogP contribution in [0.3, 0.4) is 0 Å². The average molecular weight is 444 g/mol. The standard InChI is InChI=1S/C25H37N3O2S/c1-25(2,3)30-24(29)26-21-9-7-19(8-10-21)11-13-27-14-16-28(17-15-27)22-6-4-5-20-12-18-31-23(20)22/h4-6,12,18-19,21H,7-11,13-17H2,1-3H3,(H,26,29)/t19-,21-. The van der Waals surface area contributed by atoms with Crippen LogP contribution in [-0.2, 0) is 4.74 Å². The van der Waals surface area contributed by atoms with E-state index in [0.29, 0.717) is 0 Å². The number of carbonyl (C=O) groups excluding carboxylic acids is 1. The van der Waals surface area contributed by atoms with Crippen molar-refractivity contribution in [3.05, 3.63) is 29.6 Å². The molecule has 1 saturated heterocycles. The second kappa shape index (κ2) is 9.78. The van der Waals surface area contributed by atoms with Crippen LogP contribution in [0.4, 0.5) is 10.5 Å². The van der Waals surface area contributed by atoms with Gasteiger partial charge in [-0.15, -0.1) is 11.3 Å². The van der Waals surface area contributed by atoms with E-state index in [-0.39, 0.29) is 12.1 Å². The number of hydrogen-bond donors (Lipinski definition) is 1. The maximum Gasteiger partial charge on any atom is 0.407 e. The number of amides is 1. The number of nitrogens with one attached hydrogen (secondary N) is 1. The number of rotatable bonds is 5. The normalized spacial score (nSPS) is 23.1. The second-order valence-electron chi connectivity index (χ2n) is 10.1. The predicted octanol–water partition coefficient (Wildman–Crippen LogP) is 5.50. The van der Waals surface area contributed by atoms with Gasteiger partial charge in [0, 0.05) is 32.2 Å². The van der Waals surface area contributed by atoms with E-state index >= 15 is 0 Å². The Morgan fingerprint density at radius 3 is 2.55 bits per heavy atom. The van der Waals surface area contributed by atoms with Gasteiger partial charge in [0.15, 0.2) is 0 Å². The van der Waals surface area contributed by atoms with E-state index < -0.39 is 5.60 Å². The van der Waals surface area contributed by atoms with E-state index in [9.17, 15) is 4.79 Å². The van der Waals surface area contributed by atoms with Crippen LogP contribution in [-0.4, -0.2) is 55.4 Å². The number of hydrogen-bond acceptors (Lipinski definition) is 5. The minimum absolute atomic E-state index is 0.271. The lowest BCUT2D eigenvalue weighted by Crippen LogP contribution is -2.47. The Morgan fingerprint density at radius 2 is 1.84 bits per heavy atom. The van der Waals surface area contributed by atoms with Crippen molar-refractivity contribution in [1.29, 1.82) is 0 Å². The molecule has 31 heavy (non-hydrogen) atoms. The summed E-state index contributed by atoms with van der Waals surface area (Å²) in [6.07, 6.45) is 5.57. The first-order valence-electron chi connectivity index (χ1n) is 11.8. The minimum atomic E-state index is -0.429. The Hall–Kier alpha value is -1.79. The van der Waals surface area contributed by atoms with Crippen molar-refractivity contribution in [2.45, 2.75) is 64.5 Å². The van der Waals surface area contributed by atoms with Crippen LogP contribution in [0, 0.1) is 5.92 Å². The lowest BCUT2D eigenvalue weighted by Gasteiger charge is -2.37. The molecule has 6 heteroatoms. The van der Waals surface area contributed by atoms with Gasteiger partial charge in [0.05, 0.1) is 10.4 Å². The number of anilines is 1. The molecular weight excluding hydrogens is 406 g/mol. The van der Waals surface area contributed by atoms with Gasteiger partial charge in [-0.2, -0.15) is 0 Å². The van der Waals surface area contributed by atoms with Gasteiger partial charge < -0.3 is 15.0 Å². The zero-order chi connectivity index (χ0) is 21.8. The van der Waals surface area contributed by atoms with Gasteiger partial charge in [0.1, 0.15) is 5.60 Å². The summed E-state index contributed by atoms with van der Waals surface area (Å²) in [7, 11) is 0. The van der Waals surface area contributed by atoms with Gasteiger partial charge in [0.2, 0.25) is 0 Å². The molecule has 0 radical (unpaired) electrons. The molecule has 4 rings (SSSR count). The first kappa shape index (κ1) is 22.4. The third-order valence-corrected chi connectivity index (χ3v) is 7.55. The number of alkyl carbamates (subject to hydrolysis) is 1. The Balaban J connectivity index is 1.16. The lowest BCUT2D eigenvalue weighted by atomic mass is 9.84. The number of fused-ring (bicyclic) bond motifs is 1. The van der Waals surface area contributed by atoms with Crippen molar-refractivity contribution in [2.75, 3.05) is 37.6 Å². The molecule has 0 unspecified atom stereocenters. The van der Waals surface area contributed by atoms with Crippen molar-refractivity contribution < 1.29 is 9.53 Å². The third kappa shape index (κ3) is 6.13. The Morgan fingerprint density at radius 1 is 1.10 bits per heavy atom. The Bertz CT molecular complexity index is 859. The highest BCUT2D eigenvalue weighted by Gasteiger charge is 2.26. The van der Waals surface area contributed by atoms with Gasteiger partial charge in [-0.3, -0.25) is 4.90 Å². The number of carbonyl (C=O) groups is 1. The summed E-state index contributed by atoms with van der Waals surface area (Å²) in [4.78, 5) is 17.2. The summed E-state index contributed by atoms with van der Waals surface area (Å²) in [5.74, 6) is 0.787. The zero-order valence-corrected chi connectivity index (χ0v) is 20.0.